The van der Waals surface area contributed by atoms with Crippen LogP contribution < -0.4 is 5.32 Å². The third-order valence-electron chi connectivity index (χ3n) is 1.82. The standard InChI is InChI=1S/C12H14ClNOS/c1-10(13)9-14-12(15)7-8-16-11-5-3-2-4-6-11/h2-6H,1,7-9H2,(H,14,15). The van der Waals surface area contributed by atoms with E-state index in [1.54, 1.807) is 11.8 Å². The van der Waals surface area contributed by atoms with Gasteiger partial charge in [0.1, 0.15) is 0 Å². The highest BCUT2D eigenvalue weighted by atomic mass is 35.5. The molecule has 16 heavy (non-hydrogen) atoms. The lowest BCUT2D eigenvalue weighted by atomic mass is 10.4. The lowest BCUT2D eigenvalue weighted by Gasteiger charge is -2.03. The monoisotopic (exact) mass is 255 g/mol. The number of rotatable bonds is 6. The Morgan fingerprint density at radius 3 is 2.69 bits per heavy atom. The van der Waals surface area contributed by atoms with Gasteiger partial charge in [-0.1, -0.05) is 36.4 Å². The summed E-state index contributed by atoms with van der Waals surface area (Å²) in [6.45, 7) is 3.84. The van der Waals surface area contributed by atoms with E-state index < -0.39 is 0 Å². The third kappa shape index (κ3) is 5.83. The number of carbonyl (C=O) groups excluding carboxylic acids is 1. The lowest BCUT2D eigenvalue weighted by molar-refractivity contribution is -0.120. The second kappa shape index (κ2) is 7.36. The molecule has 4 heteroatoms. The van der Waals surface area contributed by atoms with E-state index in [0.717, 1.165) is 5.75 Å². The summed E-state index contributed by atoms with van der Waals surface area (Å²) in [4.78, 5) is 12.5. The molecule has 1 rings (SSSR count). The predicted molar refractivity (Wildman–Crippen MR) is 69.8 cm³/mol. The smallest absolute Gasteiger partial charge is 0.221 e. The van der Waals surface area contributed by atoms with Crippen LogP contribution in [-0.4, -0.2) is 18.2 Å². The van der Waals surface area contributed by atoms with Gasteiger partial charge < -0.3 is 5.32 Å². The minimum atomic E-state index is 0.00484. The van der Waals surface area contributed by atoms with Gasteiger partial charge in [0.15, 0.2) is 0 Å². The van der Waals surface area contributed by atoms with Crippen LogP contribution in [0.2, 0.25) is 0 Å². The Labute approximate surface area is 105 Å². The molecule has 0 fully saturated rings. The van der Waals surface area contributed by atoms with Crippen molar-refractivity contribution in [3.63, 3.8) is 0 Å². The van der Waals surface area contributed by atoms with E-state index in [1.807, 2.05) is 30.3 Å². The largest absolute Gasteiger partial charge is 0.351 e. The molecule has 1 aromatic rings. The van der Waals surface area contributed by atoms with E-state index >= 15 is 0 Å². The van der Waals surface area contributed by atoms with Crippen molar-refractivity contribution in [3.05, 3.63) is 41.9 Å². The van der Waals surface area contributed by atoms with Crippen LogP contribution in [0.15, 0.2) is 46.8 Å². The molecular formula is C12H14ClNOS. The Hall–Kier alpha value is -0.930. The fourth-order valence-electron chi connectivity index (χ4n) is 1.06. The summed E-state index contributed by atoms with van der Waals surface area (Å²) in [6, 6.07) is 10.0. The molecule has 2 nitrogen and oxygen atoms in total. The fourth-order valence-corrected chi connectivity index (χ4v) is 2.00. The van der Waals surface area contributed by atoms with Crippen LogP contribution in [-0.2, 0) is 4.79 Å². The summed E-state index contributed by atoms with van der Waals surface area (Å²) >= 11 is 7.20. The molecule has 0 aliphatic carbocycles. The van der Waals surface area contributed by atoms with Crippen LogP contribution in [0.4, 0.5) is 0 Å². The number of carbonyl (C=O) groups is 1. The summed E-state index contributed by atoms with van der Waals surface area (Å²) in [5, 5.41) is 3.13. The molecular weight excluding hydrogens is 242 g/mol. The van der Waals surface area contributed by atoms with Gasteiger partial charge in [-0.25, -0.2) is 0 Å². The van der Waals surface area contributed by atoms with Crippen molar-refractivity contribution in [3.8, 4) is 0 Å². The molecule has 0 spiro atoms. The highest BCUT2D eigenvalue weighted by Crippen LogP contribution is 2.17. The van der Waals surface area contributed by atoms with E-state index in [9.17, 15) is 4.79 Å². The van der Waals surface area contributed by atoms with E-state index in [2.05, 4.69) is 11.9 Å². The molecule has 1 aromatic carbocycles. The third-order valence-corrected chi connectivity index (χ3v) is 2.97. The van der Waals surface area contributed by atoms with Gasteiger partial charge in [-0.05, 0) is 12.1 Å². The Morgan fingerprint density at radius 2 is 2.06 bits per heavy atom. The molecule has 0 saturated carbocycles. The number of nitrogens with one attached hydrogen (secondary N) is 1. The van der Waals surface area contributed by atoms with Crippen LogP contribution >= 0.6 is 23.4 Å². The molecule has 0 unspecified atom stereocenters. The number of benzene rings is 1. The molecule has 0 aromatic heterocycles. The predicted octanol–water partition coefficient (Wildman–Crippen LogP) is 3.04. The van der Waals surface area contributed by atoms with Crippen LogP contribution in [0.1, 0.15) is 6.42 Å². The molecule has 0 heterocycles. The number of hydrogen-bond acceptors (Lipinski definition) is 2. The number of halogens is 1. The van der Waals surface area contributed by atoms with Gasteiger partial charge in [0.25, 0.3) is 0 Å². The Morgan fingerprint density at radius 1 is 1.38 bits per heavy atom. The van der Waals surface area contributed by atoms with Crippen LogP contribution in [0.5, 0.6) is 0 Å². The van der Waals surface area contributed by atoms with E-state index in [0.29, 0.717) is 18.0 Å². The molecule has 0 aliphatic heterocycles. The zero-order chi connectivity index (χ0) is 11.8. The van der Waals surface area contributed by atoms with Gasteiger partial charge in [0, 0.05) is 22.1 Å². The highest BCUT2D eigenvalue weighted by molar-refractivity contribution is 7.99. The van der Waals surface area contributed by atoms with Gasteiger partial charge in [-0.2, -0.15) is 0 Å². The summed E-state index contributed by atoms with van der Waals surface area (Å²) in [6.07, 6.45) is 0.490. The van der Waals surface area contributed by atoms with Gasteiger partial charge in [-0.3, -0.25) is 4.79 Å². The zero-order valence-corrected chi connectivity index (χ0v) is 10.5. The summed E-state index contributed by atoms with van der Waals surface area (Å²) in [7, 11) is 0. The number of amides is 1. The molecule has 0 saturated heterocycles. The fraction of sp³-hybridized carbons (Fsp3) is 0.250. The Bertz CT molecular complexity index is 353. The molecule has 0 atom stereocenters. The first-order valence-electron chi connectivity index (χ1n) is 4.96. The van der Waals surface area contributed by atoms with Crippen molar-refractivity contribution >= 4 is 29.3 Å². The maximum Gasteiger partial charge on any atom is 0.221 e. The first kappa shape index (κ1) is 13.1. The Balaban J connectivity index is 2.16. The van der Waals surface area contributed by atoms with Crippen molar-refractivity contribution in [2.45, 2.75) is 11.3 Å². The van der Waals surface area contributed by atoms with Gasteiger partial charge >= 0.3 is 0 Å². The van der Waals surface area contributed by atoms with Crippen molar-refractivity contribution in [1.82, 2.24) is 5.32 Å². The Kier molecular flexibility index (Phi) is 6.04. The second-order valence-corrected chi connectivity index (χ2v) is 4.91. The minimum absolute atomic E-state index is 0.00484. The molecule has 0 bridgehead atoms. The quantitative estimate of drug-likeness (QED) is 0.792. The summed E-state index contributed by atoms with van der Waals surface area (Å²) in [5.74, 6) is 0.773. The van der Waals surface area contributed by atoms with E-state index in [1.165, 1.54) is 4.90 Å². The van der Waals surface area contributed by atoms with Gasteiger partial charge in [0.05, 0.1) is 6.54 Å². The van der Waals surface area contributed by atoms with Crippen molar-refractivity contribution in [2.24, 2.45) is 0 Å². The molecule has 0 radical (unpaired) electrons. The molecule has 0 aliphatic rings. The van der Waals surface area contributed by atoms with Crippen molar-refractivity contribution < 1.29 is 4.79 Å². The molecule has 1 amide bonds. The normalized spacial score (nSPS) is 9.81. The van der Waals surface area contributed by atoms with Gasteiger partial charge in [-0.15, -0.1) is 11.8 Å². The minimum Gasteiger partial charge on any atom is -0.351 e. The number of thioether (sulfide) groups is 1. The van der Waals surface area contributed by atoms with Crippen LogP contribution in [0.25, 0.3) is 0 Å². The first-order valence-corrected chi connectivity index (χ1v) is 6.32. The second-order valence-electron chi connectivity index (χ2n) is 3.21. The van der Waals surface area contributed by atoms with E-state index in [-0.39, 0.29) is 5.91 Å². The highest BCUT2D eigenvalue weighted by Gasteiger charge is 2.01. The van der Waals surface area contributed by atoms with E-state index in [4.69, 9.17) is 11.6 Å². The SMILES string of the molecule is C=C(Cl)CNC(=O)CCSc1ccccc1. The molecule has 1 N–H and O–H groups in total. The summed E-state index contributed by atoms with van der Waals surface area (Å²) in [5.41, 5.74) is 0. The van der Waals surface area contributed by atoms with Crippen molar-refractivity contribution in [2.75, 3.05) is 12.3 Å². The lowest BCUT2D eigenvalue weighted by Crippen LogP contribution is -2.24. The summed E-state index contributed by atoms with van der Waals surface area (Å²) < 4.78 is 0. The maximum atomic E-state index is 11.3. The topological polar surface area (TPSA) is 29.1 Å². The van der Waals surface area contributed by atoms with Gasteiger partial charge in [0.2, 0.25) is 5.91 Å². The van der Waals surface area contributed by atoms with Crippen LogP contribution in [0, 0.1) is 0 Å². The van der Waals surface area contributed by atoms with Crippen LogP contribution in [0.3, 0.4) is 0 Å². The number of hydrogen-bond donors (Lipinski definition) is 1. The zero-order valence-electron chi connectivity index (χ0n) is 8.91. The molecule has 86 valence electrons. The average molecular weight is 256 g/mol. The first-order chi connectivity index (χ1) is 7.68. The maximum absolute atomic E-state index is 11.3. The van der Waals surface area contributed by atoms with Crippen molar-refractivity contribution in [1.29, 1.82) is 0 Å². The average Bonchev–Trinajstić information content (AvgIpc) is 2.28.